The molecule has 0 saturated carbocycles. The summed E-state index contributed by atoms with van der Waals surface area (Å²) in [5.41, 5.74) is 6.11. The van der Waals surface area contributed by atoms with Gasteiger partial charge < -0.3 is 24.1 Å². The SMILES string of the molecule is [2H][C@@]1(c2c(OC)cccc2OC)OC(N)=C(OS(=O)(=O)Cc2ccccc2)C1=O. The van der Waals surface area contributed by atoms with E-state index in [1.807, 2.05) is 0 Å². The van der Waals surface area contributed by atoms with Gasteiger partial charge in [0.05, 0.1) is 21.2 Å². The van der Waals surface area contributed by atoms with Gasteiger partial charge in [-0.2, -0.15) is 8.42 Å². The number of hydrogen-bond donors (Lipinski definition) is 1. The molecule has 0 aliphatic carbocycles. The quantitative estimate of drug-likeness (QED) is 0.695. The summed E-state index contributed by atoms with van der Waals surface area (Å²) in [5, 5.41) is 0. The van der Waals surface area contributed by atoms with Crippen LogP contribution in [0, 0.1) is 0 Å². The van der Waals surface area contributed by atoms with Gasteiger partial charge in [-0.05, 0) is 17.7 Å². The highest BCUT2D eigenvalue weighted by atomic mass is 32.2. The fraction of sp³-hybridized carbons (Fsp3) is 0.211. The van der Waals surface area contributed by atoms with E-state index in [1.54, 1.807) is 36.4 Å². The number of rotatable bonds is 7. The topological polar surface area (TPSA) is 114 Å². The van der Waals surface area contributed by atoms with Crippen LogP contribution in [-0.4, -0.2) is 28.4 Å². The predicted molar refractivity (Wildman–Crippen MR) is 99.7 cm³/mol. The van der Waals surface area contributed by atoms with E-state index in [2.05, 4.69) is 0 Å². The van der Waals surface area contributed by atoms with Crippen molar-refractivity contribution >= 4 is 15.9 Å². The van der Waals surface area contributed by atoms with Crippen LogP contribution in [0.2, 0.25) is 0 Å². The zero-order chi connectivity index (χ0) is 21.2. The predicted octanol–water partition coefficient (Wildman–Crippen LogP) is 2.02. The maximum absolute atomic E-state index is 13.0. The summed E-state index contributed by atoms with van der Waals surface area (Å²) in [4.78, 5) is 13.0. The zero-order valence-electron chi connectivity index (χ0n) is 16.2. The molecule has 0 spiro atoms. The molecule has 2 aromatic carbocycles. The number of benzene rings is 2. The third-order valence-electron chi connectivity index (χ3n) is 3.90. The summed E-state index contributed by atoms with van der Waals surface area (Å²) in [6.07, 6.45) is -2.43. The molecule has 0 unspecified atom stereocenters. The number of methoxy groups -OCH3 is 2. The summed E-state index contributed by atoms with van der Waals surface area (Å²) >= 11 is 0. The fourth-order valence-electron chi connectivity index (χ4n) is 2.67. The summed E-state index contributed by atoms with van der Waals surface area (Å²) in [7, 11) is -1.54. The second-order valence-electron chi connectivity index (χ2n) is 5.76. The number of carbonyl (C=O) groups excluding carboxylic acids is 1. The van der Waals surface area contributed by atoms with Crippen molar-refractivity contribution in [1.29, 1.82) is 0 Å². The number of ketones is 1. The second kappa shape index (κ2) is 7.81. The molecule has 9 heteroatoms. The molecule has 0 saturated heterocycles. The molecule has 0 aromatic heterocycles. The lowest BCUT2D eigenvalue weighted by molar-refractivity contribution is -0.123. The molecule has 0 fully saturated rings. The minimum Gasteiger partial charge on any atom is -0.496 e. The molecule has 0 amide bonds. The lowest BCUT2D eigenvalue weighted by Gasteiger charge is -2.17. The highest BCUT2D eigenvalue weighted by molar-refractivity contribution is 7.86. The van der Waals surface area contributed by atoms with Gasteiger partial charge in [0.1, 0.15) is 17.3 Å². The van der Waals surface area contributed by atoms with Gasteiger partial charge in [-0.25, -0.2) is 0 Å². The van der Waals surface area contributed by atoms with Crippen LogP contribution in [0.5, 0.6) is 11.5 Å². The van der Waals surface area contributed by atoms with E-state index in [9.17, 15) is 13.2 Å². The van der Waals surface area contributed by atoms with Gasteiger partial charge in [-0.3, -0.25) is 4.79 Å². The highest BCUT2D eigenvalue weighted by Gasteiger charge is 2.42. The lowest BCUT2D eigenvalue weighted by Crippen LogP contribution is -2.17. The summed E-state index contributed by atoms with van der Waals surface area (Å²) < 4.78 is 54.0. The monoisotopic (exact) mass is 406 g/mol. The number of Topliss-reactive ketones (excluding diaryl/α,β-unsaturated/α-hetero) is 1. The highest BCUT2D eigenvalue weighted by Crippen LogP contribution is 2.41. The van der Waals surface area contributed by atoms with Crippen LogP contribution in [0.15, 0.2) is 60.2 Å². The van der Waals surface area contributed by atoms with Crippen LogP contribution in [0.1, 0.15) is 18.6 Å². The molecule has 0 bridgehead atoms. The second-order valence-corrected chi connectivity index (χ2v) is 7.33. The van der Waals surface area contributed by atoms with E-state index in [0.717, 1.165) is 0 Å². The van der Waals surface area contributed by atoms with Crippen molar-refractivity contribution in [2.75, 3.05) is 14.2 Å². The summed E-state index contributed by atoms with van der Waals surface area (Å²) in [5.74, 6) is -2.68. The summed E-state index contributed by atoms with van der Waals surface area (Å²) in [6.45, 7) is 0. The van der Waals surface area contributed by atoms with E-state index in [0.29, 0.717) is 5.56 Å². The Morgan fingerprint density at radius 3 is 2.25 bits per heavy atom. The van der Waals surface area contributed by atoms with Gasteiger partial charge >= 0.3 is 10.1 Å². The third kappa shape index (κ3) is 3.89. The Morgan fingerprint density at radius 2 is 1.68 bits per heavy atom. The van der Waals surface area contributed by atoms with E-state index in [1.165, 1.54) is 26.4 Å². The van der Waals surface area contributed by atoms with Crippen molar-refractivity contribution in [3.8, 4) is 11.5 Å². The first-order valence-corrected chi connectivity index (χ1v) is 9.70. The smallest absolute Gasteiger partial charge is 0.313 e. The molecule has 148 valence electrons. The Bertz CT molecular complexity index is 1050. The maximum atomic E-state index is 13.0. The normalized spacial score (nSPS) is 19.8. The third-order valence-corrected chi connectivity index (χ3v) is 5.01. The first-order chi connectivity index (χ1) is 13.7. The molecule has 0 radical (unpaired) electrons. The van der Waals surface area contributed by atoms with E-state index < -0.39 is 39.4 Å². The fourth-order valence-corrected chi connectivity index (χ4v) is 3.74. The average molecular weight is 406 g/mol. The van der Waals surface area contributed by atoms with Crippen LogP contribution in [0.3, 0.4) is 0 Å². The van der Waals surface area contributed by atoms with E-state index in [-0.39, 0.29) is 17.1 Å². The van der Waals surface area contributed by atoms with Crippen molar-refractivity contribution in [2.24, 2.45) is 5.73 Å². The van der Waals surface area contributed by atoms with Crippen molar-refractivity contribution in [3.05, 3.63) is 71.3 Å². The molecule has 2 N–H and O–H groups in total. The molecule has 3 rings (SSSR count). The lowest BCUT2D eigenvalue weighted by atomic mass is 10.0. The molecule has 8 nitrogen and oxygen atoms in total. The molecular weight excluding hydrogens is 386 g/mol. The van der Waals surface area contributed by atoms with Crippen molar-refractivity contribution in [1.82, 2.24) is 0 Å². The van der Waals surface area contributed by atoms with Gasteiger partial charge in [0.2, 0.25) is 17.4 Å². The average Bonchev–Trinajstić information content (AvgIpc) is 2.91. The van der Waals surface area contributed by atoms with E-state index in [4.69, 9.17) is 25.5 Å². The molecule has 2 aromatic rings. The van der Waals surface area contributed by atoms with Gasteiger partial charge in [0.15, 0.2) is 6.08 Å². The van der Waals surface area contributed by atoms with Crippen molar-refractivity contribution < 1.29 is 33.0 Å². The Labute approximate surface area is 164 Å². The molecule has 1 aliphatic rings. The van der Waals surface area contributed by atoms with Crippen LogP contribution in [-0.2, 0) is 29.6 Å². The number of nitrogens with two attached hydrogens (primary N) is 1. The first-order valence-electron chi connectivity index (χ1n) is 8.63. The Morgan fingerprint density at radius 1 is 1.07 bits per heavy atom. The Balaban J connectivity index is 1.93. The van der Waals surface area contributed by atoms with Gasteiger partial charge in [-0.15, -0.1) is 0 Å². The Kier molecular flexibility index (Phi) is 5.07. The minimum absolute atomic E-state index is 0.0583. The van der Waals surface area contributed by atoms with Crippen molar-refractivity contribution in [3.63, 3.8) is 0 Å². The minimum atomic E-state index is -4.23. The molecule has 1 heterocycles. The van der Waals surface area contributed by atoms with Crippen molar-refractivity contribution in [2.45, 2.75) is 11.8 Å². The molecular formula is C19H19NO7S. The van der Waals surface area contributed by atoms with Crippen LogP contribution in [0.4, 0.5) is 0 Å². The molecule has 1 atom stereocenters. The largest absolute Gasteiger partial charge is 0.496 e. The van der Waals surface area contributed by atoms with Crippen LogP contribution < -0.4 is 15.2 Å². The van der Waals surface area contributed by atoms with Crippen LogP contribution in [0.25, 0.3) is 0 Å². The molecule has 1 aliphatic heterocycles. The molecule has 28 heavy (non-hydrogen) atoms. The maximum Gasteiger partial charge on any atom is 0.313 e. The van der Waals surface area contributed by atoms with Gasteiger partial charge in [0.25, 0.3) is 0 Å². The van der Waals surface area contributed by atoms with Gasteiger partial charge in [-0.1, -0.05) is 36.4 Å². The van der Waals surface area contributed by atoms with Gasteiger partial charge in [0, 0.05) is 0 Å². The number of carbonyl (C=O) groups is 1. The zero-order valence-corrected chi connectivity index (χ0v) is 16.0. The standard InChI is InChI=1S/C19H19NO7S/c1-24-13-9-6-10-14(25-2)15(13)17-16(21)18(19(20)26-17)27-28(22,23)11-12-7-4-3-5-8-12/h3-10,17H,11,20H2,1-2H3/t17-/m0/s1/i17D. The summed E-state index contributed by atoms with van der Waals surface area (Å²) in [6, 6.07) is 12.9. The number of ether oxygens (including phenoxy) is 3. The number of hydrogen-bond acceptors (Lipinski definition) is 8. The Hall–Kier alpha value is -3.20. The van der Waals surface area contributed by atoms with E-state index >= 15 is 0 Å². The van der Waals surface area contributed by atoms with Crippen LogP contribution >= 0.6 is 0 Å². The first kappa shape index (κ1) is 18.2.